The van der Waals surface area contributed by atoms with Crippen LogP contribution in [-0.2, 0) is 96.1 Å². The van der Waals surface area contributed by atoms with Crippen LogP contribution in [0.3, 0.4) is 0 Å². The molecule has 10 amide bonds. The summed E-state index contributed by atoms with van der Waals surface area (Å²) >= 11 is 0. The number of fused-ring (bicyclic) bond motifs is 31. The Bertz CT molecular complexity index is 4660. The number of aromatic nitrogens is 7. The highest BCUT2D eigenvalue weighted by molar-refractivity contribution is 6.01. The maximum atomic E-state index is 15.4. The van der Waals surface area contributed by atoms with Gasteiger partial charge in [0.25, 0.3) is 0 Å². The molecule has 7 heterocycles. The number of nitrogens with zero attached hydrogens (tertiary/aromatic N) is 5. The number of benzene rings is 4. The van der Waals surface area contributed by atoms with Gasteiger partial charge in [-0.15, -0.1) is 5.10 Å². The smallest absolute Gasteiger partial charge is 0.305 e. The van der Waals surface area contributed by atoms with E-state index in [4.69, 9.17) is 16.2 Å². The summed E-state index contributed by atoms with van der Waals surface area (Å²) in [6.45, 7) is 4.35. The van der Waals surface area contributed by atoms with Gasteiger partial charge in [0.05, 0.1) is 37.4 Å². The van der Waals surface area contributed by atoms with E-state index in [-0.39, 0.29) is 97.8 Å². The molecule has 11 rings (SSSR count). The minimum absolute atomic E-state index is 0.00185. The highest BCUT2D eigenvalue weighted by Gasteiger charge is 2.49. The summed E-state index contributed by atoms with van der Waals surface area (Å²) in [7, 11) is 1.45. The third-order valence-corrected chi connectivity index (χ3v) is 19.6. The van der Waals surface area contributed by atoms with Crippen molar-refractivity contribution in [3.05, 3.63) is 161 Å². The average Bonchev–Trinajstić information content (AvgIpc) is 1.62. The van der Waals surface area contributed by atoms with E-state index >= 15 is 28.0 Å². The van der Waals surface area contributed by atoms with E-state index in [1.54, 1.807) is 54.7 Å². The fraction of sp³-hybridized carbons (Fsp3) is 0.400. The number of carbonyl (C=O) groups is 12. The fourth-order valence-electron chi connectivity index (χ4n) is 13.6. The zero-order valence-electron chi connectivity index (χ0n) is 60.4. The second-order valence-electron chi connectivity index (χ2n) is 27.7. The van der Waals surface area contributed by atoms with Gasteiger partial charge in [0.15, 0.2) is 0 Å². The van der Waals surface area contributed by atoms with E-state index in [0.717, 1.165) is 6.07 Å². The summed E-state index contributed by atoms with van der Waals surface area (Å²) in [5.74, 6) is -13.3. The zero-order chi connectivity index (χ0) is 78.2. The molecule has 16 N–H and O–H groups in total. The molecule has 1 fully saturated rings. The molecule has 4 bridgehead atoms. The van der Waals surface area contributed by atoms with Crippen LogP contribution in [0.25, 0.3) is 27.5 Å². The summed E-state index contributed by atoms with van der Waals surface area (Å²) in [5.41, 5.74) is 13.7. The van der Waals surface area contributed by atoms with Crippen LogP contribution in [0.2, 0.25) is 0 Å². The summed E-state index contributed by atoms with van der Waals surface area (Å²) in [6, 6.07) is 7.91. The van der Waals surface area contributed by atoms with Gasteiger partial charge in [0.1, 0.15) is 77.0 Å². The molecule has 1 saturated heterocycles. The number of nitrogens with two attached hydrogens (primary N) is 2. The van der Waals surface area contributed by atoms with Gasteiger partial charge in [-0.25, -0.2) is 18.4 Å². The number of carboxylic acid groups (broad SMARTS) is 1. The molecule has 0 radical (unpaired) electrons. The van der Waals surface area contributed by atoms with Crippen molar-refractivity contribution in [3.63, 3.8) is 0 Å². The number of ketones is 1. The molecule has 0 aliphatic carbocycles. The van der Waals surface area contributed by atoms with Gasteiger partial charge < -0.3 is 88.5 Å². The number of H-pyrrole nitrogens is 3. The molecule has 4 aromatic heterocycles. The Morgan fingerprint density at radius 1 is 0.661 bits per heavy atom. The molecule has 10 atom stereocenters. The second-order valence-corrected chi connectivity index (χ2v) is 27.7. The van der Waals surface area contributed by atoms with Crippen molar-refractivity contribution < 1.29 is 76.2 Å². The molecule has 3 aliphatic rings. The number of hydrogen-bond donors (Lipinski definition) is 14. The van der Waals surface area contributed by atoms with Crippen LogP contribution >= 0.6 is 0 Å². The molecule has 4 aromatic carbocycles. The summed E-state index contributed by atoms with van der Waals surface area (Å²) < 4.78 is 36.9. The number of nitrogens with one attached hydrogen (secondary N) is 11. The van der Waals surface area contributed by atoms with Gasteiger partial charge in [-0.05, 0) is 155 Å². The first-order chi connectivity index (χ1) is 52.1. The predicted octanol–water partition coefficient (Wildman–Crippen LogP) is 1.66. The monoisotopic (exact) mass is 1500 g/mol. The Morgan fingerprint density at radius 2 is 1.24 bits per heavy atom. The number of aliphatic carboxylic acids is 1. The van der Waals surface area contributed by atoms with Crippen LogP contribution in [0.15, 0.2) is 116 Å². The molecular weight excluding hydrogens is 1410 g/mol. The standard InChI is InChI=1S/C75H88F2N18O14/c1-40(96)26-44-13-16-49-38-95(93-92-49)51-17-9-42(10-18-51)27-58(65(79)99)91-74(108)75(3)23-7-25-94(75)73(107)63(28-43-11-19-52(109-4)20-12-43)90-71(105)61(33-50-37-80-39-83-50)88-72(106)62(34-64(97)98)89-70(104)60(30-46-36-82-56-22-15-48(77)32-54(46)56)87-69(103)59(29-45-35-81-55-21-14-47(76)31-53(45)55)86-66(100)41(2)84-68(102)57(85-67(44)101)8-5-6-24-78/h9-12,14-15,17-22,31-32,35-39,41,44,57-63,81-82H,5-8,13,16,23-30,33-34,78H2,1-4H3,(H2,79,99)(H,80,83)(H,84,102)(H,85,101)(H,86,100)(H,87,103)(H,88,106)(H,89,104)(H,90,105)(H,91,108)(H,97,98)/t41-,44-,57+,58+,59+,60+,61+,62+,63+,75+/m1/s1. The van der Waals surface area contributed by atoms with Crippen molar-refractivity contribution in [2.24, 2.45) is 17.4 Å². The lowest BCUT2D eigenvalue weighted by molar-refractivity contribution is -0.147. The van der Waals surface area contributed by atoms with Crippen molar-refractivity contribution in [3.8, 4) is 11.4 Å². The van der Waals surface area contributed by atoms with Crippen LogP contribution in [0, 0.1) is 17.6 Å². The zero-order valence-corrected chi connectivity index (χ0v) is 60.4. The first kappa shape index (κ1) is 79.3. The number of methoxy groups -OCH3 is 1. The van der Waals surface area contributed by atoms with Crippen molar-refractivity contribution in [2.75, 3.05) is 20.2 Å². The van der Waals surface area contributed by atoms with Gasteiger partial charge in [-0.3, -0.25) is 52.7 Å². The van der Waals surface area contributed by atoms with E-state index in [1.807, 2.05) is 0 Å². The highest BCUT2D eigenvalue weighted by atomic mass is 19.1. The van der Waals surface area contributed by atoms with Gasteiger partial charge in [-0.2, -0.15) is 0 Å². The topological polar surface area (TPSA) is 477 Å². The molecule has 0 unspecified atom stereocenters. The molecule has 109 heavy (non-hydrogen) atoms. The number of Topliss-reactive ketones (excluding diaryl/α,β-unsaturated/α-hetero) is 1. The van der Waals surface area contributed by atoms with Crippen molar-refractivity contribution in [2.45, 2.75) is 165 Å². The predicted molar refractivity (Wildman–Crippen MR) is 390 cm³/mol. The molecule has 0 spiro atoms. The van der Waals surface area contributed by atoms with Gasteiger partial charge >= 0.3 is 5.97 Å². The number of unbranched alkanes of at least 4 members (excludes halogenated alkanes) is 1. The second kappa shape index (κ2) is 35.9. The van der Waals surface area contributed by atoms with E-state index in [0.29, 0.717) is 58.6 Å². The lowest BCUT2D eigenvalue weighted by Gasteiger charge is -2.37. The Hall–Kier alpha value is -12.2. The Labute approximate surface area is 623 Å². The van der Waals surface area contributed by atoms with Gasteiger partial charge in [0.2, 0.25) is 59.1 Å². The highest BCUT2D eigenvalue weighted by Crippen LogP contribution is 2.32. The van der Waals surface area contributed by atoms with Gasteiger partial charge in [-0.1, -0.05) is 29.5 Å². The molecular formula is C75H88F2N18O14. The number of carbonyl (C=O) groups excluding carboxylic acids is 11. The minimum Gasteiger partial charge on any atom is -0.497 e. The number of carboxylic acids is 1. The number of ether oxygens (including phenoxy) is 1. The Kier molecular flexibility index (Phi) is 26.1. The lowest BCUT2D eigenvalue weighted by Crippen LogP contribution is -2.63. The van der Waals surface area contributed by atoms with Crippen molar-refractivity contribution in [1.82, 2.24) is 82.4 Å². The number of rotatable bonds is 18. The maximum Gasteiger partial charge on any atom is 0.305 e. The normalized spacial score (nSPS) is 22.9. The number of imidazole rings is 1. The quantitative estimate of drug-likeness (QED) is 0.0429. The van der Waals surface area contributed by atoms with Crippen LogP contribution < -0.4 is 58.7 Å². The van der Waals surface area contributed by atoms with Crippen LogP contribution in [0.5, 0.6) is 5.75 Å². The molecule has 0 saturated carbocycles. The van der Waals surface area contributed by atoms with E-state index in [1.165, 1.54) is 92.7 Å². The maximum absolute atomic E-state index is 15.4. The number of amides is 10. The molecule has 32 nitrogen and oxygen atoms in total. The largest absolute Gasteiger partial charge is 0.497 e. The third kappa shape index (κ3) is 20.5. The number of hydrogen-bond acceptors (Lipinski definition) is 17. The van der Waals surface area contributed by atoms with Crippen LogP contribution in [0.1, 0.15) is 106 Å². The Balaban J connectivity index is 1.02. The van der Waals surface area contributed by atoms with E-state index < -0.39 is 156 Å². The number of primary amides is 1. The average molecular weight is 1500 g/mol. The first-order valence-corrected chi connectivity index (χ1v) is 35.7. The number of halogens is 2. The van der Waals surface area contributed by atoms with Crippen molar-refractivity contribution in [1.29, 1.82) is 0 Å². The summed E-state index contributed by atoms with van der Waals surface area (Å²) in [6.07, 6.45) is 5.49. The summed E-state index contributed by atoms with van der Waals surface area (Å²) in [4.78, 5) is 187. The molecule has 8 aromatic rings. The number of aromatic amines is 3. The van der Waals surface area contributed by atoms with Gasteiger partial charge in [0, 0.05) is 97.1 Å². The molecule has 34 heteroatoms. The SMILES string of the molecule is COc1ccc(C[C@@H]2NC(=O)[C@H](Cc3cnc[nH]3)NC(=O)[C@H](CC(=O)O)NC(=O)[C@H](Cc3c[nH]c4ccc(F)cc34)NC(=O)[C@H](Cc3c[nH]c4ccc(F)cc34)NC(=O)[C@@H](C)NC(=O)[C@H](CCCCN)NC(=O)[C@@H](CC(C)=O)CCc3cn(nn3)-c3ccc(cc3)C[C@@H](C(N)=O)NC(=O)[C@]3(C)CCCN3C2=O)cc1. The Morgan fingerprint density at radius 3 is 1.82 bits per heavy atom. The van der Waals surface area contributed by atoms with Crippen LogP contribution in [-0.4, -0.2) is 190 Å². The minimum atomic E-state index is -2.07. The van der Waals surface area contributed by atoms with E-state index in [9.17, 15) is 43.5 Å². The van der Waals surface area contributed by atoms with E-state index in [2.05, 4.69) is 72.8 Å². The molecule has 576 valence electrons. The fourth-order valence-corrected chi connectivity index (χ4v) is 13.6. The van der Waals surface area contributed by atoms with Crippen molar-refractivity contribution >= 4 is 92.6 Å². The lowest BCUT2D eigenvalue weighted by atomic mass is 9.94. The van der Waals surface area contributed by atoms with Crippen LogP contribution in [0.4, 0.5) is 8.78 Å². The molecule has 3 aliphatic heterocycles. The summed E-state index contributed by atoms with van der Waals surface area (Å²) in [5, 5.41) is 40.7. The number of aryl methyl sites for hydroxylation is 1. The third-order valence-electron chi connectivity index (χ3n) is 19.6. The first-order valence-electron chi connectivity index (χ1n) is 35.7.